The van der Waals surface area contributed by atoms with Crippen molar-refractivity contribution in [1.82, 2.24) is 20.3 Å². The number of nitrogens with one attached hydrogen (secondary N) is 2. The number of carbonyl (C=O) groups excluding carboxylic acids is 2. The van der Waals surface area contributed by atoms with Gasteiger partial charge in [0.15, 0.2) is 0 Å². The third kappa shape index (κ3) is 7.67. The van der Waals surface area contributed by atoms with Gasteiger partial charge in [0, 0.05) is 36.7 Å². The van der Waals surface area contributed by atoms with Gasteiger partial charge in [-0.1, -0.05) is 13.8 Å². The molecule has 2 amide bonds. The van der Waals surface area contributed by atoms with Crippen molar-refractivity contribution in [3.8, 4) is 0 Å². The summed E-state index contributed by atoms with van der Waals surface area (Å²) < 4.78 is 45.7. The van der Waals surface area contributed by atoms with Gasteiger partial charge in [-0.05, 0) is 51.7 Å². The zero-order chi connectivity index (χ0) is 27.5. The number of primary amides is 1. The maximum Gasteiger partial charge on any atom is 0.433 e. The molecule has 13 heteroatoms. The van der Waals surface area contributed by atoms with E-state index in [2.05, 4.69) is 25.6 Å². The summed E-state index contributed by atoms with van der Waals surface area (Å²) in [5.41, 5.74) is 3.97. The van der Waals surface area contributed by atoms with E-state index in [1.165, 1.54) is 12.3 Å². The number of anilines is 3. The molecule has 10 nitrogen and oxygen atoms in total. The van der Waals surface area contributed by atoms with E-state index in [0.29, 0.717) is 13.1 Å². The zero-order valence-electron chi connectivity index (χ0n) is 21.4. The Labute approximate surface area is 213 Å². The lowest BCUT2D eigenvalue weighted by molar-refractivity contribution is -0.141. The number of halogens is 3. The molecule has 1 saturated heterocycles. The van der Waals surface area contributed by atoms with Crippen molar-refractivity contribution >= 4 is 29.5 Å². The Balaban J connectivity index is 1.88. The van der Waals surface area contributed by atoms with Crippen molar-refractivity contribution in [3.63, 3.8) is 0 Å². The lowest BCUT2D eigenvalue weighted by Gasteiger charge is -2.33. The molecular formula is C24H32F3N7O3. The molecule has 0 bridgehead atoms. The Morgan fingerprint density at radius 2 is 1.89 bits per heavy atom. The zero-order valence-corrected chi connectivity index (χ0v) is 21.4. The lowest BCUT2D eigenvalue weighted by atomic mass is 10.1. The van der Waals surface area contributed by atoms with Crippen molar-refractivity contribution in [3.05, 3.63) is 35.3 Å². The molecule has 0 aromatic carbocycles. The van der Waals surface area contributed by atoms with Crippen LogP contribution in [0, 0.1) is 0 Å². The van der Waals surface area contributed by atoms with Crippen LogP contribution in [0.3, 0.4) is 0 Å². The van der Waals surface area contributed by atoms with Gasteiger partial charge >= 0.3 is 12.3 Å². The van der Waals surface area contributed by atoms with Gasteiger partial charge < -0.3 is 26.0 Å². The second-order valence-corrected chi connectivity index (χ2v) is 10.2. The summed E-state index contributed by atoms with van der Waals surface area (Å²) >= 11 is 0. The number of aromatic nitrogens is 3. The monoisotopic (exact) mass is 523 g/mol. The number of ether oxygens (including phenoxy) is 1. The molecule has 0 radical (unpaired) electrons. The van der Waals surface area contributed by atoms with Crippen LogP contribution in [-0.4, -0.2) is 51.7 Å². The number of hydrogen-bond donors (Lipinski definition) is 3. The number of nitrogens with zero attached hydrogens (tertiary/aromatic N) is 4. The predicted molar refractivity (Wildman–Crippen MR) is 132 cm³/mol. The van der Waals surface area contributed by atoms with Crippen LogP contribution in [0.15, 0.2) is 18.3 Å². The molecule has 37 heavy (non-hydrogen) atoms. The number of hydrogen-bond acceptors (Lipinski definition) is 8. The molecule has 2 aromatic heterocycles. The predicted octanol–water partition coefficient (Wildman–Crippen LogP) is 4.35. The minimum absolute atomic E-state index is 0.0336. The number of piperidine rings is 1. The minimum atomic E-state index is -4.66. The smallest absolute Gasteiger partial charge is 0.433 e. The van der Waals surface area contributed by atoms with Gasteiger partial charge in [0.2, 0.25) is 5.95 Å². The summed E-state index contributed by atoms with van der Waals surface area (Å²) in [5, 5.41) is 5.64. The van der Waals surface area contributed by atoms with E-state index in [1.54, 1.807) is 34.6 Å². The van der Waals surface area contributed by atoms with Gasteiger partial charge in [0.05, 0.1) is 0 Å². The van der Waals surface area contributed by atoms with Gasteiger partial charge in [0.25, 0.3) is 5.91 Å². The van der Waals surface area contributed by atoms with E-state index in [0.717, 1.165) is 18.9 Å². The highest BCUT2D eigenvalue weighted by molar-refractivity contribution is 5.98. The first-order valence-electron chi connectivity index (χ1n) is 11.9. The first-order chi connectivity index (χ1) is 17.1. The number of carbonyl (C=O) groups is 2. The Kier molecular flexibility index (Phi) is 8.13. The summed E-state index contributed by atoms with van der Waals surface area (Å²) in [6, 6.07) is 2.08. The first kappa shape index (κ1) is 27.9. The summed E-state index contributed by atoms with van der Waals surface area (Å²) in [5.74, 6) is -0.917. The molecule has 1 aliphatic rings. The van der Waals surface area contributed by atoms with E-state index >= 15 is 0 Å². The van der Waals surface area contributed by atoms with E-state index in [-0.39, 0.29) is 40.7 Å². The molecular weight excluding hydrogens is 491 g/mol. The van der Waals surface area contributed by atoms with Crippen LogP contribution >= 0.6 is 0 Å². The van der Waals surface area contributed by atoms with Crippen LogP contribution in [0.1, 0.15) is 75.1 Å². The quantitative estimate of drug-likeness (QED) is 0.509. The maximum atomic E-state index is 13.4. The second kappa shape index (κ2) is 10.8. The summed E-state index contributed by atoms with van der Waals surface area (Å²) in [7, 11) is 0. The SMILES string of the molecule is CC(C)c1cc(Nc2nc(N3CCC[C@H](NC(=O)OC(C)(C)C)C3)ncc2C(N)=O)cc(C(F)(F)F)n1. The molecule has 1 atom stereocenters. The van der Waals surface area contributed by atoms with Crippen LogP contribution in [0.25, 0.3) is 0 Å². The Morgan fingerprint density at radius 1 is 1.19 bits per heavy atom. The molecule has 0 aliphatic carbocycles. The third-order valence-electron chi connectivity index (χ3n) is 5.46. The molecule has 3 rings (SSSR count). The minimum Gasteiger partial charge on any atom is -0.444 e. The number of pyridine rings is 1. The molecule has 4 N–H and O–H groups in total. The molecule has 1 fully saturated rings. The van der Waals surface area contributed by atoms with Crippen molar-refractivity contribution < 1.29 is 27.5 Å². The van der Waals surface area contributed by atoms with Crippen molar-refractivity contribution in [1.29, 1.82) is 0 Å². The average molecular weight is 524 g/mol. The normalized spacial score (nSPS) is 16.5. The van der Waals surface area contributed by atoms with Crippen LogP contribution in [0.5, 0.6) is 0 Å². The number of amides is 2. The highest BCUT2D eigenvalue weighted by Crippen LogP contribution is 2.32. The first-order valence-corrected chi connectivity index (χ1v) is 11.9. The lowest BCUT2D eigenvalue weighted by Crippen LogP contribution is -2.49. The second-order valence-electron chi connectivity index (χ2n) is 10.2. The summed E-state index contributed by atoms with van der Waals surface area (Å²) in [6.45, 7) is 9.71. The van der Waals surface area contributed by atoms with Gasteiger partial charge in [-0.3, -0.25) is 4.79 Å². The van der Waals surface area contributed by atoms with Crippen molar-refractivity contribution in [2.24, 2.45) is 5.73 Å². The Hall–Kier alpha value is -3.64. The molecule has 202 valence electrons. The van der Waals surface area contributed by atoms with Crippen LogP contribution in [0.2, 0.25) is 0 Å². The standard InChI is InChI=1S/C24H32F3N7O3/c1-13(2)17-9-15(10-18(32-17)24(25,26)27)30-20-16(19(28)35)11-29-21(33-20)34-8-6-7-14(12-34)31-22(36)37-23(3,4)5/h9-11,13-14H,6-8,12H2,1-5H3,(H2,28,35)(H,31,36)(H,29,30,32,33)/t14-/m0/s1. The molecule has 0 saturated carbocycles. The number of nitrogens with two attached hydrogens (primary N) is 1. The fourth-order valence-corrected chi connectivity index (χ4v) is 3.75. The Morgan fingerprint density at radius 3 is 2.49 bits per heavy atom. The number of rotatable bonds is 6. The highest BCUT2D eigenvalue weighted by atomic mass is 19.4. The fraction of sp³-hybridized carbons (Fsp3) is 0.542. The van der Waals surface area contributed by atoms with E-state index in [1.807, 2.05) is 4.90 Å². The van der Waals surface area contributed by atoms with Gasteiger partial charge in [-0.2, -0.15) is 18.2 Å². The Bertz CT molecular complexity index is 1150. The molecule has 2 aromatic rings. The third-order valence-corrected chi connectivity index (χ3v) is 5.46. The topological polar surface area (TPSA) is 135 Å². The number of alkyl carbamates (subject to hydrolysis) is 1. The molecule has 3 heterocycles. The average Bonchev–Trinajstić information content (AvgIpc) is 2.77. The van der Waals surface area contributed by atoms with E-state index in [4.69, 9.17) is 10.5 Å². The van der Waals surface area contributed by atoms with E-state index < -0.39 is 29.5 Å². The van der Waals surface area contributed by atoms with Gasteiger partial charge in [0.1, 0.15) is 22.7 Å². The molecule has 1 aliphatic heterocycles. The van der Waals surface area contributed by atoms with E-state index in [9.17, 15) is 22.8 Å². The summed E-state index contributed by atoms with van der Waals surface area (Å²) in [6.07, 6.45) is -2.52. The van der Waals surface area contributed by atoms with Crippen LogP contribution in [-0.2, 0) is 10.9 Å². The summed E-state index contributed by atoms with van der Waals surface area (Å²) in [4.78, 5) is 38.4. The van der Waals surface area contributed by atoms with Crippen molar-refractivity contribution in [2.45, 2.75) is 71.2 Å². The van der Waals surface area contributed by atoms with Crippen LogP contribution in [0.4, 0.5) is 35.4 Å². The van der Waals surface area contributed by atoms with Gasteiger partial charge in [-0.15, -0.1) is 0 Å². The highest BCUT2D eigenvalue weighted by Gasteiger charge is 2.34. The maximum absolute atomic E-state index is 13.4. The van der Waals surface area contributed by atoms with Crippen LogP contribution < -0.4 is 21.3 Å². The number of alkyl halides is 3. The molecule has 0 unspecified atom stereocenters. The fourth-order valence-electron chi connectivity index (χ4n) is 3.75. The molecule has 0 spiro atoms. The largest absolute Gasteiger partial charge is 0.444 e. The van der Waals surface area contributed by atoms with Gasteiger partial charge in [-0.25, -0.2) is 14.8 Å². The van der Waals surface area contributed by atoms with Crippen molar-refractivity contribution in [2.75, 3.05) is 23.3 Å².